The third kappa shape index (κ3) is 13.9. The van der Waals surface area contributed by atoms with Crippen LogP contribution in [0.15, 0.2) is 47.6 Å². The molecule has 15 atom stereocenters. The van der Waals surface area contributed by atoms with Crippen LogP contribution in [0.3, 0.4) is 0 Å². The summed E-state index contributed by atoms with van der Waals surface area (Å²) in [6.07, 6.45) is 12.4. The van der Waals surface area contributed by atoms with Gasteiger partial charge in [-0.15, -0.1) is 0 Å². The molecule has 4 aliphatic rings. The summed E-state index contributed by atoms with van der Waals surface area (Å²) in [5.41, 5.74) is 1.28. The maximum absolute atomic E-state index is 14.3. The molecule has 3 fully saturated rings. The SMILES string of the molecule is CO[C@H]1C[C@@H]2CC[C@@H](C)[C@@](O)(O2)C(=O)C(=O)N2CCCC[C@H]2C(=O)O[C@H]([C@H](C)C[C@@H]2CC[C@@H](O)[C@H](C)C2)CC(=O)[C@H](C)/C=C(\C)[C@@H](O)[C@@H](OC)C(=O)[C@H](C)C[C@H](C)/C=C/C=C/C=C/1C. The van der Waals surface area contributed by atoms with Crippen LogP contribution in [0.1, 0.15) is 132 Å². The lowest BCUT2D eigenvalue weighted by atomic mass is 9.75. The third-order valence-electron chi connectivity index (χ3n) is 14.5. The normalized spacial score (nSPS) is 40.9. The molecule has 0 spiro atoms. The van der Waals surface area contributed by atoms with Crippen molar-refractivity contribution in [2.75, 3.05) is 20.8 Å². The van der Waals surface area contributed by atoms with Gasteiger partial charge >= 0.3 is 5.97 Å². The van der Waals surface area contributed by atoms with Crippen LogP contribution < -0.4 is 0 Å². The minimum absolute atomic E-state index is 0.0258. The minimum atomic E-state index is -2.42. The Morgan fingerprint density at radius 1 is 0.859 bits per heavy atom. The maximum Gasteiger partial charge on any atom is 0.329 e. The van der Waals surface area contributed by atoms with Crippen molar-refractivity contribution in [3.63, 3.8) is 0 Å². The number of piperidine rings is 1. The Labute approximate surface area is 382 Å². The van der Waals surface area contributed by atoms with Gasteiger partial charge in [0.2, 0.25) is 5.79 Å². The van der Waals surface area contributed by atoms with Gasteiger partial charge in [-0.25, -0.2) is 4.79 Å². The molecule has 13 heteroatoms. The predicted octanol–water partition coefficient (Wildman–Crippen LogP) is 6.80. The topological polar surface area (TPSA) is 186 Å². The van der Waals surface area contributed by atoms with Crippen LogP contribution >= 0.6 is 0 Å². The monoisotopic (exact) mass is 898 g/mol. The molecule has 2 bridgehead atoms. The molecule has 1 saturated carbocycles. The standard InChI is InChI=1S/C51H79NO12/c1-30-16-12-11-13-17-31(2)43(61-9)28-39-21-19-37(8)51(60,64-39)48(57)49(58)52-23-15-14-18-40(52)50(59)63-44(34(5)27-38-20-22-41(53)33(4)26-38)29-42(54)32(3)25-36(7)46(56)47(62-10)45(55)35(6)24-30/h11-13,16-17,25,30,32-35,37-41,43-44,46-47,53,56,60H,14-15,18-24,26-29H2,1-10H3/b13-11+,16-12+,31-17+,36-25+/t30-,32-,33-,34-,35-,37-,38-,39+,40+,41-,43+,44+,46-,47+,51-/m1/s1. The molecule has 4 rings (SSSR count). The van der Waals surface area contributed by atoms with E-state index >= 15 is 0 Å². The summed E-state index contributed by atoms with van der Waals surface area (Å²) in [7, 11) is 2.96. The summed E-state index contributed by atoms with van der Waals surface area (Å²) in [5, 5.41) is 33.8. The highest BCUT2D eigenvalue weighted by Crippen LogP contribution is 2.38. The number of allylic oxidation sites excluding steroid dienone is 6. The van der Waals surface area contributed by atoms with E-state index in [-0.39, 0.29) is 60.7 Å². The number of methoxy groups -OCH3 is 2. The van der Waals surface area contributed by atoms with Gasteiger partial charge in [0.25, 0.3) is 11.7 Å². The lowest BCUT2D eigenvalue weighted by molar-refractivity contribution is -0.265. The molecular formula is C51H79NO12. The van der Waals surface area contributed by atoms with E-state index in [1.807, 2.05) is 65.0 Å². The highest BCUT2D eigenvalue weighted by Gasteiger charge is 2.53. The van der Waals surface area contributed by atoms with Gasteiger partial charge in [0.15, 0.2) is 5.78 Å². The van der Waals surface area contributed by atoms with E-state index in [1.165, 1.54) is 12.0 Å². The highest BCUT2D eigenvalue weighted by atomic mass is 16.6. The van der Waals surface area contributed by atoms with E-state index in [1.54, 1.807) is 34.0 Å². The molecule has 64 heavy (non-hydrogen) atoms. The zero-order valence-corrected chi connectivity index (χ0v) is 40.2. The number of aliphatic hydroxyl groups excluding tert-OH is 2. The molecule has 3 N–H and O–H groups in total. The summed E-state index contributed by atoms with van der Waals surface area (Å²) in [5.74, 6) is -7.55. The predicted molar refractivity (Wildman–Crippen MR) is 244 cm³/mol. The lowest BCUT2D eigenvalue weighted by Gasteiger charge is -2.42. The Morgan fingerprint density at radius 3 is 2.25 bits per heavy atom. The summed E-state index contributed by atoms with van der Waals surface area (Å²) in [6.45, 7) is 14.8. The van der Waals surface area contributed by atoms with E-state index in [2.05, 4.69) is 0 Å². The van der Waals surface area contributed by atoms with Crippen molar-refractivity contribution >= 4 is 29.2 Å². The first-order valence-corrected chi connectivity index (χ1v) is 23.9. The van der Waals surface area contributed by atoms with Crippen molar-refractivity contribution in [1.82, 2.24) is 4.90 Å². The molecule has 0 radical (unpaired) electrons. The minimum Gasteiger partial charge on any atom is -0.460 e. The van der Waals surface area contributed by atoms with E-state index in [4.69, 9.17) is 18.9 Å². The molecule has 3 heterocycles. The fourth-order valence-corrected chi connectivity index (χ4v) is 10.2. The molecule has 0 unspecified atom stereocenters. The Kier molecular flexibility index (Phi) is 20.4. The molecule has 0 aromatic carbocycles. The van der Waals surface area contributed by atoms with Crippen molar-refractivity contribution in [2.45, 2.75) is 181 Å². The van der Waals surface area contributed by atoms with Gasteiger partial charge in [0.1, 0.15) is 30.1 Å². The number of hydrogen-bond acceptors (Lipinski definition) is 12. The number of cyclic esters (lactones) is 1. The number of nitrogens with zero attached hydrogens (tertiary/aromatic N) is 1. The molecule has 0 aromatic heterocycles. The Bertz CT molecular complexity index is 1740. The Morgan fingerprint density at radius 2 is 1.58 bits per heavy atom. The van der Waals surface area contributed by atoms with Crippen LogP contribution in [0.5, 0.6) is 0 Å². The van der Waals surface area contributed by atoms with E-state index in [0.29, 0.717) is 56.9 Å². The molecular weight excluding hydrogens is 819 g/mol. The maximum atomic E-state index is 14.3. The van der Waals surface area contributed by atoms with Crippen LogP contribution in [0.25, 0.3) is 0 Å². The van der Waals surface area contributed by atoms with Crippen molar-refractivity contribution < 1.29 is 58.2 Å². The second-order valence-corrected chi connectivity index (χ2v) is 19.8. The van der Waals surface area contributed by atoms with Gasteiger partial charge in [0, 0.05) is 51.4 Å². The number of carbonyl (C=O) groups is 5. The third-order valence-corrected chi connectivity index (χ3v) is 14.5. The quantitative estimate of drug-likeness (QED) is 0.149. The fraction of sp³-hybridized carbons (Fsp3) is 0.745. The van der Waals surface area contributed by atoms with Crippen LogP contribution in [0, 0.1) is 41.4 Å². The number of rotatable bonds is 5. The molecule has 3 aliphatic heterocycles. The Hall–Kier alpha value is -3.33. The average Bonchev–Trinajstić information content (AvgIpc) is 3.26. The number of ketones is 3. The Balaban J connectivity index is 1.70. The van der Waals surface area contributed by atoms with Crippen LogP contribution in [-0.4, -0.2) is 119 Å². The number of hydrogen-bond donors (Lipinski definition) is 3. The first kappa shape index (κ1) is 53.3. The van der Waals surface area contributed by atoms with Gasteiger partial charge in [-0.05, 0) is 113 Å². The number of esters is 1. The van der Waals surface area contributed by atoms with Crippen molar-refractivity contribution in [3.8, 4) is 0 Å². The van der Waals surface area contributed by atoms with Crippen molar-refractivity contribution in [2.24, 2.45) is 41.4 Å². The largest absolute Gasteiger partial charge is 0.460 e. The molecule has 13 nitrogen and oxygen atoms in total. The van der Waals surface area contributed by atoms with Crippen LogP contribution in [-0.2, 0) is 42.9 Å². The molecule has 1 amide bonds. The van der Waals surface area contributed by atoms with Gasteiger partial charge < -0.3 is 39.2 Å². The van der Waals surface area contributed by atoms with E-state index in [9.17, 15) is 39.3 Å². The highest BCUT2D eigenvalue weighted by molar-refractivity contribution is 6.39. The van der Waals surface area contributed by atoms with Crippen molar-refractivity contribution in [1.29, 1.82) is 0 Å². The number of ether oxygens (including phenoxy) is 4. The summed E-state index contributed by atoms with van der Waals surface area (Å²) in [4.78, 5) is 71.7. The van der Waals surface area contributed by atoms with Gasteiger partial charge in [-0.3, -0.25) is 19.2 Å². The second-order valence-electron chi connectivity index (χ2n) is 19.8. The fourth-order valence-electron chi connectivity index (χ4n) is 10.2. The van der Waals surface area contributed by atoms with Gasteiger partial charge in [0.05, 0.1) is 18.3 Å². The number of amides is 1. The number of fused-ring (bicyclic) bond motifs is 3. The first-order valence-electron chi connectivity index (χ1n) is 23.9. The number of aliphatic hydroxyl groups is 3. The second kappa shape index (κ2) is 24.4. The van der Waals surface area contributed by atoms with E-state index < -0.39 is 77.8 Å². The van der Waals surface area contributed by atoms with E-state index in [0.717, 1.165) is 18.4 Å². The van der Waals surface area contributed by atoms with Gasteiger partial charge in [-0.1, -0.05) is 78.0 Å². The van der Waals surface area contributed by atoms with Crippen LogP contribution in [0.4, 0.5) is 0 Å². The lowest BCUT2D eigenvalue weighted by Crippen LogP contribution is -2.61. The summed E-state index contributed by atoms with van der Waals surface area (Å²) in [6, 6.07) is -1.12. The first-order chi connectivity index (χ1) is 30.2. The molecule has 0 aromatic rings. The zero-order chi connectivity index (χ0) is 47.5. The molecule has 360 valence electrons. The average molecular weight is 898 g/mol. The van der Waals surface area contributed by atoms with Gasteiger partial charge in [-0.2, -0.15) is 0 Å². The zero-order valence-electron chi connectivity index (χ0n) is 40.2. The number of carbonyl (C=O) groups excluding carboxylic acids is 5. The van der Waals surface area contributed by atoms with Crippen LogP contribution in [0.2, 0.25) is 0 Å². The summed E-state index contributed by atoms with van der Waals surface area (Å²) < 4.78 is 23.8. The molecule has 2 saturated heterocycles. The smallest absolute Gasteiger partial charge is 0.329 e. The molecule has 1 aliphatic carbocycles. The van der Waals surface area contributed by atoms with Crippen molar-refractivity contribution in [3.05, 3.63) is 47.6 Å². The number of Topliss-reactive ketones (excluding diaryl/α,β-unsaturated/α-hetero) is 3. The summed E-state index contributed by atoms with van der Waals surface area (Å²) >= 11 is 0.